The number of aliphatic hydroxyl groups is 1. The smallest absolute Gasteiger partial charge is 0.0832 e. The second-order valence-corrected chi connectivity index (χ2v) is 5.40. The van der Waals surface area contributed by atoms with E-state index in [1.807, 2.05) is 49.1 Å². The monoisotopic (exact) mass is 308 g/mol. The summed E-state index contributed by atoms with van der Waals surface area (Å²) in [6, 6.07) is 6.01. The van der Waals surface area contributed by atoms with Crippen molar-refractivity contribution in [3.63, 3.8) is 0 Å². The van der Waals surface area contributed by atoms with Crippen LogP contribution in [0.25, 0.3) is 0 Å². The SMILES string of the molecule is CCn1cc(CC(O)c2cc(C)cc(Br)c2)cn1. The molecule has 0 aliphatic heterocycles. The molecular formula is C14H17BrN2O. The second-order valence-electron chi connectivity index (χ2n) is 4.49. The maximum absolute atomic E-state index is 10.2. The second kappa shape index (κ2) is 5.67. The van der Waals surface area contributed by atoms with E-state index in [2.05, 4.69) is 21.0 Å². The molecule has 0 amide bonds. The fraction of sp³-hybridized carbons (Fsp3) is 0.357. The molecule has 0 fully saturated rings. The van der Waals surface area contributed by atoms with Gasteiger partial charge in [-0.2, -0.15) is 5.10 Å². The average molecular weight is 309 g/mol. The predicted octanol–water partition coefficient (Wildman–Crippen LogP) is 3.25. The van der Waals surface area contributed by atoms with Gasteiger partial charge in [-0.25, -0.2) is 0 Å². The highest BCUT2D eigenvalue weighted by atomic mass is 79.9. The zero-order chi connectivity index (χ0) is 13.1. The molecule has 0 aliphatic carbocycles. The third kappa shape index (κ3) is 3.21. The third-order valence-corrected chi connectivity index (χ3v) is 3.35. The molecule has 4 heteroatoms. The quantitative estimate of drug-likeness (QED) is 0.941. The molecule has 96 valence electrons. The standard InChI is InChI=1S/C14H17BrN2O/c1-3-17-9-11(8-16-17)6-14(18)12-4-10(2)5-13(15)7-12/h4-5,7-9,14,18H,3,6H2,1-2H3. The molecule has 0 aliphatic rings. The molecule has 0 spiro atoms. The summed E-state index contributed by atoms with van der Waals surface area (Å²) in [5, 5.41) is 14.5. The van der Waals surface area contributed by atoms with Crippen LogP contribution in [-0.2, 0) is 13.0 Å². The van der Waals surface area contributed by atoms with Crippen LogP contribution < -0.4 is 0 Å². The Kier molecular flexibility index (Phi) is 4.19. The first-order valence-corrected chi connectivity index (χ1v) is 6.84. The largest absolute Gasteiger partial charge is 0.388 e. The van der Waals surface area contributed by atoms with Gasteiger partial charge in [-0.05, 0) is 42.7 Å². The zero-order valence-corrected chi connectivity index (χ0v) is 12.2. The Morgan fingerprint density at radius 1 is 1.39 bits per heavy atom. The van der Waals surface area contributed by atoms with Crippen molar-refractivity contribution in [1.29, 1.82) is 0 Å². The van der Waals surface area contributed by atoms with Crippen molar-refractivity contribution in [1.82, 2.24) is 9.78 Å². The molecule has 1 aromatic carbocycles. The molecule has 0 saturated carbocycles. The minimum atomic E-state index is -0.490. The van der Waals surface area contributed by atoms with E-state index in [0.29, 0.717) is 6.42 Å². The van der Waals surface area contributed by atoms with Crippen LogP contribution >= 0.6 is 15.9 Å². The molecule has 0 radical (unpaired) electrons. The summed E-state index contributed by atoms with van der Waals surface area (Å²) in [6.07, 6.45) is 3.90. The molecule has 0 bridgehead atoms. The molecule has 1 unspecified atom stereocenters. The molecule has 1 N–H and O–H groups in total. The van der Waals surface area contributed by atoms with Gasteiger partial charge in [0.05, 0.1) is 12.3 Å². The molecule has 1 atom stereocenters. The molecule has 2 rings (SSSR count). The number of hydrogen-bond donors (Lipinski definition) is 1. The molecule has 1 aromatic heterocycles. The van der Waals surface area contributed by atoms with E-state index in [9.17, 15) is 5.11 Å². The number of halogens is 1. The summed E-state index contributed by atoms with van der Waals surface area (Å²) in [5.74, 6) is 0. The van der Waals surface area contributed by atoms with Gasteiger partial charge in [-0.3, -0.25) is 4.68 Å². The van der Waals surface area contributed by atoms with Crippen LogP contribution in [-0.4, -0.2) is 14.9 Å². The number of rotatable bonds is 4. The van der Waals surface area contributed by atoms with Crippen LogP contribution in [0.4, 0.5) is 0 Å². The van der Waals surface area contributed by atoms with Crippen LogP contribution in [0.5, 0.6) is 0 Å². The Bertz CT molecular complexity index is 516. The summed E-state index contributed by atoms with van der Waals surface area (Å²) in [4.78, 5) is 0. The fourth-order valence-electron chi connectivity index (χ4n) is 1.98. The maximum atomic E-state index is 10.2. The zero-order valence-electron chi connectivity index (χ0n) is 10.6. The summed E-state index contributed by atoms with van der Waals surface area (Å²) in [5.41, 5.74) is 3.13. The van der Waals surface area contributed by atoms with Crippen LogP contribution in [0.2, 0.25) is 0 Å². The lowest BCUT2D eigenvalue weighted by Gasteiger charge is -2.11. The van der Waals surface area contributed by atoms with Crippen molar-refractivity contribution in [3.05, 3.63) is 51.8 Å². The Morgan fingerprint density at radius 3 is 2.78 bits per heavy atom. The Balaban J connectivity index is 2.13. The molecule has 0 saturated heterocycles. The number of nitrogens with zero attached hydrogens (tertiary/aromatic N) is 2. The lowest BCUT2D eigenvalue weighted by molar-refractivity contribution is 0.178. The van der Waals surface area contributed by atoms with Gasteiger partial charge in [-0.15, -0.1) is 0 Å². The number of hydrogen-bond acceptors (Lipinski definition) is 2. The van der Waals surface area contributed by atoms with Gasteiger partial charge in [0, 0.05) is 23.6 Å². The predicted molar refractivity (Wildman–Crippen MR) is 75.4 cm³/mol. The Labute approximate surface area is 116 Å². The van der Waals surface area contributed by atoms with Gasteiger partial charge < -0.3 is 5.11 Å². The van der Waals surface area contributed by atoms with Crippen LogP contribution in [0.15, 0.2) is 35.1 Å². The topological polar surface area (TPSA) is 38.0 Å². The number of aryl methyl sites for hydroxylation is 2. The Morgan fingerprint density at radius 2 is 2.17 bits per heavy atom. The van der Waals surface area contributed by atoms with Crippen molar-refractivity contribution in [2.24, 2.45) is 0 Å². The highest BCUT2D eigenvalue weighted by Crippen LogP contribution is 2.23. The van der Waals surface area contributed by atoms with E-state index in [-0.39, 0.29) is 0 Å². The normalized spacial score (nSPS) is 12.7. The van der Waals surface area contributed by atoms with Gasteiger partial charge >= 0.3 is 0 Å². The molecule has 18 heavy (non-hydrogen) atoms. The van der Waals surface area contributed by atoms with Crippen molar-refractivity contribution in [2.75, 3.05) is 0 Å². The van der Waals surface area contributed by atoms with Gasteiger partial charge in [0.25, 0.3) is 0 Å². The summed E-state index contributed by atoms with van der Waals surface area (Å²) < 4.78 is 2.87. The van der Waals surface area contributed by atoms with Gasteiger partial charge in [-0.1, -0.05) is 22.0 Å². The first-order chi connectivity index (χ1) is 8.58. The minimum Gasteiger partial charge on any atom is -0.388 e. The first-order valence-electron chi connectivity index (χ1n) is 6.05. The minimum absolute atomic E-state index is 0.490. The summed E-state index contributed by atoms with van der Waals surface area (Å²) in [7, 11) is 0. The van der Waals surface area contributed by atoms with Crippen molar-refractivity contribution >= 4 is 15.9 Å². The highest BCUT2D eigenvalue weighted by molar-refractivity contribution is 9.10. The molecule has 2 aromatic rings. The number of benzene rings is 1. The van der Waals surface area contributed by atoms with Crippen LogP contribution in [0.1, 0.15) is 29.7 Å². The van der Waals surface area contributed by atoms with E-state index in [4.69, 9.17) is 0 Å². The summed E-state index contributed by atoms with van der Waals surface area (Å²) in [6.45, 7) is 4.92. The van der Waals surface area contributed by atoms with Gasteiger partial charge in [0.1, 0.15) is 0 Å². The molecule has 1 heterocycles. The van der Waals surface area contributed by atoms with Crippen molar-refractivity contribution < 1.29 is 5.11 Å². The van der Waals surface area contributed by atoms with E-state index in [1.54, 1.807) is 0 Å². The van der Waals surface area contributed by atoms with E-state index < -0.39 is 6.10 Å². The first kappa shape index (κ1) is 13.3. The van der Waals surface area contributed by atoms with Gasteiger partial charge in [0.15, 0.2) is 0 Å². The number of aromatic nitrogens is 2. The lowest BCUT2D eigenvalue weighted by atomic mass is 10.0. The van der Waals surface area contributed by atoms with Crippen molar-refractivity contribution in [3.8, 4) is 0 Å². The fourth-order valence-corrected chi connectivity index (χ4v) is 2.61. The number of aliphatic hydroxyl groups excluding tert-OH is 1. The summed E-state index contributed by atoms with van der Waals surface area (Å²) >= 11 is 3.45. The Hall–Kier alpha value is -1.13. The van der Waals surface area contributed by atoms with E-state index >= 15 is 0 Å². The van der Waals surface area contributed by atoms with Crippen LogP contribution in [0, 0.1) is 6.92 Å². The molecule has 3 nitrogen and oxygen atoms in total. The highest BCUT2D eigenvalue weighted by Gasteiger charge is 2.11. The van der Waals surface area contributed by atoms with Crippen molar-refractivity contribution in [2.45, 2.75) is 32.9 Å². The maximum Gasteiger partial charge on any atom is 0.0832 e. The van der Waals surface area contributed by atoms with E-state index in [1.165, 1.54) is 0 Å². The third-order valence-electron chi connectivity index (χ3n) is 2.89. The van der Waals surface area contributed by atoms with Crippen LogP contribution in [0.3, 0.4) is 0 Å². The van der Waals surface area contributed by atoms with E-state index in [0.717, 1.165) is 27.7 Å². The van der Waals surface area contributed by atoms with Gasteiger partial charge in [0.2, 0.25) is 0 Å². The average Bonchev–Trinajstić information content (AvgIpc) is 2.75. The molecular weight excluding hydrogens is 292 g/mol. The lowest BCUT2D eigenvalue weighted by Crippen LogP contribution is -2.02.